The van der Waals surface area contributed by atoms with Gasteiger partial charge in [-0.1, -0.05) is 37.8 Å². The number of nitrogens with one attached hydrogen (secondary N) is 3. The molecule has 3 fully saturated rings. The molecule has 33 heavy (non-hydrogen) atoms. The summed E-state index contributed by atoms with van der Waals surface area (Å²) >= 11 is 6.23. The molecule has 178 valence electrons. The number of carbonyl (C=O) groups excluding carboxylic acids is 4. The molecule has 2 saturated carbocycles. The predicted octanol–water partition coefficient (Wildman–Crippen LogP) is 3.84. The molecule has 1 aliphatic heterocycles. The summed E-state index contributed by atoms with van der Waals surface area (Å²) in [6, 6.07) is 4.27. The minimum absolute atomic E-state index is 0.135. The van der Waals surface area contributed by atoms with Gasteiger partial charge in [0.25, 0.3) is 11.8 Å². The van der Waals surface area contributed by atoms with Crippen LogP contribution in [0.2, 0.25) is 5.02 Å². The Balaban J connectivity index is 1.38. The van der Waals surface area contributed by atoms with E-state index in [4.69, 9.17) is 11.6 Å². The number of amides is 5. The topological polar surface area (TPSA) is 108 Å². The van der Waals surface area contributed by atoms with Gasteiger partial charge < -0.3 is 16.0 Å². The van der Waals surface area contributed by atoms with Crippen LogP contribution >= 0.6 is 11.6 Å². The number of imide groups is 1. The van der Waals surface area contributed by atoms with Crippen molar-refractivity contribution in [2.45, 2.75) is 76.3 Å². The third-order valence-electron chi connectivity index (χ3n) is 7.11. The van der Waals surface area contributed by atoms with Gasteiger partial charge in [-0.3, -0.25) is 19.3 Å². The highest BCUT2D eigenvalue weighted by molar-refractivity contribution is 6.34. The second-order valence-corrected chi connectivity index (χ2v) is 10.0. The van der Waals surface area contributed by atoms with Crippen LogP contribution in [0.3, 0.4) is 0 Å². The highest BCUT2D eigenvalue weighted by atomic mass is 35.5. The smallest absolute Gasteiger partial charge is 0.325 e. The van der Waals surface area contributed by atoms with Gasteiger partial charge in [-0.15, -0.1) is 0 Å². The normalized spacial score (nSPS) is 25.8. The second kappa shape index (κ2) is 9.71. The molecule has 0 radical (unpaired) electrons. The molecule has 3 N–H and O–H groups in total. The van der Waals surface area contributed by atoms with E-state index in [1.807, 2.05) is 0 Å². The van der Waals surface area contributed by atoms with Crippen LogP contribution in [0.4, 0.5) is 10.5 Å². The molecule has 8 nitrogen and oxygen atoms in total. The number of nitrogens with zero attached hydrogens (tertiary/aromatic N) is 1. The molecule has 0 bridgehead atoms. The van der Waals surface area contributed by atoms with Crippen LogP contribution in [0.1, 0.15) is 75.1 Å². The summed E-state index contributed by atoms with van der Waals surface area (Å²) in [7, 11) is 0. The summed E-state index contributed by atoms with van der Waals surface area (Å²) < 4.78 is 0. The fourth-order valence-corrected chi connectivity index (χ4v) is 5.25. The quantitative estimate of drug-likeness (QED) is 0.563. The van der Waals surface area contributed by atoms with E-state index in [0.29, 0.717) is 29.5 Å². The summed E-state index contributed by atoms with van der Waals surface area (Å²) in [5.74, 6) is -0.600. The SMILES string of the molecule is CC1CCC2(CC1)NC(=O)N(CC(=O)Nc1ccc(Cl)c(C(=O)NC3CCCCC3)c1)C2=O. The standard InChI is InChI=1S/C24H31ClN4O4/c1-15-9-11-24(12-10-15)22(32)29(23(33)28-24)14-20(30)26-17-7-8-19(25)18(13-17)21(31)27-16-5-3-2-4-6-16/h7-8,13,15-16H,2-6,9-12,14H2,1H3,(H,26,30)(H,27,31)(H,28,33). The third-order valence-corrected chi connectivity index (χ3v) is 7.44. The van der Waals surface area contributed by atoms with Crippen LogP contribution in [0.5, 0.6) is 0 Å². The average Bonchev–Trinajstić information content (AvgIpc) is 3.02. The molecule has 1 heterocycles. The molecule has 2 aliphatic carbocycles. The molecule has 0 atom stereocenters. The number of hydrogen-bond donors (Lipinski definition) is 3. The van der Waals surface area contributed by atoms with Crippen molar-refractivity contribution in [3.63, 3.8) is 0 Å². The lowest BCUT2D eigenvalue weighted by Crippen LogP contribution is -2.49. The Hall–Kier alpha value is -2.61. The van der Waals surface area contributed by atoms with Crippen LogP contribution in [0.25, 0.3) is 0 Å². The van der Waals surface area contributed by atoms with E-state index in [-0.39, 0.29) is 30.0 Å². The minimum atomic E-state index is -0.880. The van der Waals surface area contributed by atoms with Gasteiger partial charge in [-0.05, 0) is 62.6 Å². The van der Waals surface area contributed by atoms with Gasteiger partial charge in [0.2, 0.25) is 5.91 Å². The number of urea groups is 1. The first-order valence-electron chi connectivity index (χ1n) is 11.8. The van der Waals surface area contributed by atoms with Crippen molar-refractivity contribution in [1.82, 2.24) is 15.5 Å². The largest absolute Gasteiger partial charge is 0.349 e. The molecule has 0 aromatic heterocycles. The summed E-state index contributed by atoms with van der Waals surface area (Å²) in [6.07, 6.45) is 8.19. The zero-order chi connectivity index (χ0) is 23.6. The fourth-order valence-electron chi connectivity index (χ4n) is 5.04. The van der Waals surface area contributed by atoms with E-state index in [9.17, 15) is 19.2 Å². The first-order chi connectivity index (χ1) is 15.8. The Bertz CT molecular complexity index is 952. The minimum Gasteiger partial charge on any atom is -0.349 e. The zero-order valence-electron chi connectivity index (χ0n) is 18.9. The zero-order valence-corrected chi connectivity index (χ0v) is 19.7. The lowest BCUT2D eigenvalue weighted by atomic mass is 9.77. The maximum Gasteiger partial charge on any atom is 0.325 e. The maximum absolute atomic E-state index is 13.0. The van der Waals surface area contributed by atoms with Crippen LogP contribution in [-0.4, -0.2) is 46.8 Å². The van der Waals surface area contributed by atoms with Crippen molar-refractivity contribution in [2.24, 2.45) is 5.92 Å². The number of anilines is 1. The van der Waals surface area contributed by atoms with E-state index >= 15 is 0 Å². The van der Waals surface area contributed by atoms with E-state index in [1.54, 1.807) is 12.1 Å². The van der Waals surface area contributed by atoms with Crippen molar-refractivity contribution in [3.8, 4) is 0 Å². The first kappa shape index (κ1) is 23.5. The van der Waals surface area contributed by atoms with Crippen LogP contribution < -0.4 is 16.0 Å². The molecule has 9 heteroatoms. The summed E-state index contributed by atoms with van der Waals surface area (Å²) in [4.78, 5) is 51.8. The molecule has 0 unspecified atom stereocenters. The lowest BCUT2D eigenvalue weighted by molar-refractivity contribution is -0.135. The predicted molar refractivity (Wildman–Crippen MR) is 125 cm³/mol. The second-order valence-electron chi connectivity index (χ2n) is 9.64. The Morgan fingerprint density at radius 2 is 1.82 bits per heavy atom. The van der Waals surface area contributed by atoms with Crippen LogP contribution in [0, 0.1) is 5.92 Å². The molecule has 1 aromatic rings. The Morgan fingerprint density at radius 3 is 2.52 bits per heavy atom. The van der Waals surface area contributed by atoms with Gasteiger partial charge in [0.1, 0.15) is 12.1 Å². The van der Waals surface area contributed by atoms with E-state index in [2.05, 4.69) is 22.9 Å². The van der Waals surface area contributed by atoms with Crippen molar-refractivity contribution in [3.05, 3.63) is 28.8 Å². The van der Waals surface area contributed by atoms with Gasteiger partial charge in [0.15, 0.2) is 0 Å². The molecule has 1 aromatic carbocycles. The number of carbonyl (C=O) groups is 4. The molecule has 3 aliphatic rings. The number of benzene rings is 1. The van der Waals surface area contributed by atoms with Gasteiger partial charge in [-0.2, -0.15) is 0 Å². The Morgan fingerprint density at radius 1 is 1.12 bits per heavy atom. The summed E-state index contributed by atoms with van der Waals surface area (Å²) in [6.45, 7) is 1.75. The molecular formula is C24H31ClN4O4. The van der Waals surface area contributed by atoms with E-state index in [1.165, 1.54) is 12.5 Å². The van der Waals surface area contributed by atoms with Gasteiger partial charge in [-0.25, -0.2) is 4.79 Å². The van der Waals surface area contributed by atoms with Gasteiger partial charge in [0, 0.05) is 11.7 Å². The van der Waals surface area contributed by atoms with Crippen molar-refractivity contribution in [2.75, 3.05) is 11.9 Å². The average molecular weight is 475 g/mol. The number of rotatable bonds is 5. The molecular weight excluding hydrogens is 444 g/mol. The van der Waals surface area contributed by atoms with Crippen LogP contribution in [-0.2, 0) is 9.59 Å². The summed E-state index contributed by atoms with van der Waals surface area (Å²) in [5.41, 5.74) is -0.217. The number of halogens is 1. The van der Waals surface area contributed by atoms with Gasteiger partial charge in [0.05, 0.1) is 10.6 Å². The summed E-state index contributed by atoms with van der Waals surface area (Å²) in [5, 5.41) is 8.82. The van der Waals surface area contributed by atoms with Crippen molar-refractivity contribution in [1.29, 1.82) is 0 Å². The Labute approximate surface area is 198 Å². The number of hydrogen-bond acceptors (Lipinski definition) is 4. The van der Waals surface area contributed by atoms with Gasteiger partial charge >= 0.3 is 6.03 Å². The fraction of sp³-hybridized carbons (Fsp3) is 0.583. The first-order valence-corrected chi connectivity index (χ1v) is 12.2. The molecule has 1 saturated heterocycles. The van der Waals surface area contributed by atoms with Crippen molar-refractivity contribution >= 4 is 41.0 Å². The highest BCUT2D eigenvalue weighted by Crippen LogP contribution is 2.36. The lowest BCUT2D eigenvalue weighted by Gasteiger charge is -2.33. The van der Waals surface area contributed by atoms with E-state index < -0.39 is 17.5 Å². The molecule has 5 amide bonds. The highest BCUT2D eigenvalue weighted by Gasteiger charge is 2.52. The Kier molecular flexibility index (Phi) is 6.93. The maximum atomic E-state index is 13.0. The molecule has 4 rings (SSSR count). The third kappa shape index (κ3) is 5.16. The van der Waals surface area contributed by atoms with E-state index in [0.717, 1.165) is 43.4 Å². The van der Waals surface area contributed by atoms with Crippen LogP contribution in [0.15, 0.2) is 18.2 Å². The molecule has 1 spiro atoms. The monoisotopic (exact) mass is 474 g/mol. The van der Waals surface area contributed by atoms with Crippen molar-refractivity contribution < 1.29 is 19.2 Å².